The number of hydrogen-bond acceptors (Lipinski definition) is 2. The van der Waals surface area contributed by atoms with Crippen molar-refractivity contribution in [1.82, 2.24) is 0 Å². The molecule has 6 heteroatoms. The summed E-state index contributed by atoms with van der Waals surface area (Å²) >= 11 is 12.3. The molecule has 1 saturated heterocycles. The standard InChI is InChI=1S/C16H24Cl2N2O2/c1-2-22-16-13(10-14(17)11-15(16)18)12-19-4-3-5-20-6-8-21-9-7-20/h10-11,19H,2-9,12H2,1H3/p+2. The van der Waals surface area contributed by atoms with E-state index in [2.05, 4.69) is 5.32 Å². The van der Waals surface area contributed by atoms with E-state index in [1.165, 1.54) is 13.0 Å². The zero-order chi connectivity index (χ0) is 15.8. The molecule has 0 amide bonds. The third kappa shape index (κ3) is 5.60. The lowest BCUT2D eigenvalue weighted by atomic mass is 10.2. The highest BCUT2D eigenvalue weighted by Crippen LogP contribution is 2.31. The van der Waals surface area contributed by atoms with E-state index in [4.69, 9.17) is 32.7 Å². The van der Waals surface area contributed by atoms with Crippen molar-refractivity contribution in [2.24, 2.45) is 0 Å². The van der Waals surface area contributed by atoms with E-state index in [0.717, 1.165) is 50.7 Å². The normalized spacial score (nSPS) is 16.0. The molecule has 0 radical (unpaired) electrons. The molecular formula is C16H26Cl2N2O2+2. The van der Waals surface area contributed by atoms with Crippen LogP contribution in [0, 0.1) is 0 Å². The maximum atomic E-state index is 6.22. The Morgan fingerprint density at radius 2 is 2.05 bits per heavy atom. The highest BCUT2D eigenvalue weighted by Gasteiger charge is 2.14. The summed E-state index contributed by atoms with van der Waals surface area (Å²) in [5.74, 6) is 0.767. The van der Waals surface area contributed by atoms with Gasteiger partial charge in [0, 0.05) is 11.4 Å². The zero-order valence-electron chi connectivity index (χ0n) is 13.2. The molecule has 1 aromatic carbocycles. The first kappa shape index (κ1) is 17.8. The number of benzene rings is 1. The zero-order valence-corrected chi connectivity index (χ0v) is 14.7. The Hall–Kier alpha value is -0.520. The highest BCUT2D eigenvalue weighted by molar-refractivity contribution is 6.35. The molecule has 3 N–H and O–H groups in total. The fourth-order valence-corrected chi connectivity index (χ4v) is 3.33. The number of morpholine rings is 1. The Labute approximate surface area is 142 Å². The van der Waals surface area contributed by atoms with Gasteiger partial charge in [0.2, 0.25) is 0 Å². The van der Waals surface area contributed by atoms with Crippen molar-refractivity contribution in [2.75, 3.05) is 46.0 Å². The van der Waals surface area contributed by atoms with Crippen molar-refractivity contribution < 1.29 is 19.7 Å². The van der Waals surface area contributed by atoms with Crippen molar-refractivity contribution in [3.8, 4) is 5.75 Å². The van der Waals surface area contributed by atoms with E-state index < -0.39 is 0 Å². The molecule has 22 heavy (non-hydrogen) atoms. The summed E-state index contributed by atoms with van der Waals surface area (Å²) in [5, 5.41) is 3.55. The van der Waals surface area contributed by atoms with Crippen LogP contribution in [0.4, 0.5) is 0 Å². The van der Waals surface area contributed by atoms with Crippen LogP contribution in [0.2, 0.25) is 10.0 Å². The number of ether oxygens (including phenoxy) is 2. The summed E-state index contributed by atoms with van der Waals surface area (Å²) in [6, 6.07) is 3.68. The molecule has 124 valence electrons. The number of hydrogen-bond donors (Lipinski definition) is 2. The topological polar surface area (TPSA) is 39.5 Å². The van der Waals surface area contributed by atoms with Crippen LogP contribution in [-0.4, -0.2) is 46.0 Å². The van der Waals surface area contributed by atoms with Gasteiger partial charge in [-0.05, 0) is 19.1 Å². The average Bonchev–Trinajstić information content (AvgIpc) is 2.51. The monoisotopic (exact) mass is 348 g/mol. The highest BCUT2D eigenvalue weighted by atomic mass is 35.5. The smallest absolute Gasteiger partial charge is 0.146 e. The lowest BCUT2D eigenvalue weighted by molar-refractivity contribution is -0.909. The van der Waals surface area contributed by atoms with E-state index in [1.807, 2.05) is 13.0 Å². The first-order valence-corrected chi connectivity index (χ1v) is 8.80. The first-order valence-electron chi connectivity index (χ1n) is 8.04. The minimum Gasteiger partial charge on any atom is -0.492 e. The molecule has 0 aromatic heterocycles. The van der Waals surface area contributed by atoms with Gasteiger partial charge in [-0.25, -0.2) is 0 Å². The third-order valence-electron chi connectivity index (χ3n) is 3.88. The van der Waals surface area contributed by atoms with Gasteiger partial charge in [0.25, 0.3) is 0 Å². The van der Waals surface area contributed by atoms with Gasteiger partial charge in [0.15, 0.2) is 0 Å². The van der Waals surface area contributed by atoms with Crippen LogP contribution >= 0.6 is 23.2 Å². The first-order chi connectivity index (χ1) is 10.7. The molecule has 0 aliphatic carbocycles. The Kier molecular flexibility index (Phi) is 7.76. The van der Waals surface area contributed by atoms with Crippen molar-refractivity contribution >= 4 is 23.2 Å². The second kappa shape index (κ2) is 9.58. The molecule has 4 nitrogen and oxygen atoms in total. The van der Waals surface area contributed by atoms with Crippen molar-refractivity contribution in [3.05, 3.63) is 27.7 Å². The lowest BCUT2D eigenvalue weighted by Gasteiger charge is -2.23. The van der Waals surface area contributed by atoms with Gasteiger partial charge < -0.3 is 19.7 Å². The number of halogens is 2. The molecule has 0 spiro atoms. The predicted octanol–water partition coefficient (Wildman–Crippen LogP) is 0.761. The van der Waals surface area contributed by atoms with E-state index in [9.17, 15) is 0 Å². The van der Waals surface area contributed by atoms with Crippen LogP contribution in [0.3, 0.4) is 0 Å². The van der Waals surface area contributed by atoms with Crippen molar-refractivity contribution in [3.63, 3.8) is 0 Å². The van der Waals surface area contributed by atoms with Gasteiger partial charge in [-0.1, -0.05) is 23.2 Å². The van der Waals surface area contributed by atoms with Crippen LogP contribution in [0.5, 0.6) is 5.75 Å². The van der Waals surface area contributed by atoms with E-state index in [1.54, 1.807) is 11.0 Å². The van der Waals surface area contributed by atoms with Crippen LogP contribution in [-0.2, 0) is 11.3 Å². The summed E-state index contributed by atoms with van der Waals surface area (Å²) in [5.41, 5.74) is 1.07. The molecule has 0 atom stereocenters. The Bertz CT molecular complexity index is 466. The van der Waals surface area contributed by atoms with E-state index in [-0.39, 0.29) is 0 Å². The third-order valence-corrected chi connectivity index (χ3v) is 4.38. The summed E-state index contributed by atoms with van der Waals surface area (Å²) in [6.45, 7) is 9.80. The number of nitrogens with one attached hydrogen (secondary N) is 1. The molecule has 1 heterocycles. The predicted molar refractivity (Wildman–Crippen MR) is 89.1 cm³/mol. The molecule has 0 saturated carbocycles. The maximum Gasteiger partial charge on any atom is 0.146 e. The van der Waals surface area contributed by atoms with Gasteiger partial charge in [-0.15, -0.1) is 0 Å². The molecule has 0 bridgehead atoms. The minimum absolute atomic E-state index is 0.593. The van der Waals surface area contributed by atoms with Gasteiger partial charge in [-0.3, -0.25) is 0 Å². The summed E-state index contributed by atoms with van der Waals surface area (Å²) in [7, 11) is 0. The van der Waals surface area contributed by atoms with Gasteiger partial charge >= 0.3 is 0 Å². The van der Waals surface area contributed by atoms with E-state index >= 15 is 0 Å². The molecular weight excluding hydrogens is 323 g/mol. The van der Waals surface area contributed by atoms with Crippen LogP contribution < -0.4 is 15.0 Å². The average molecular weight is 349 g/mol. The summed E-state index contributed by atoms with van der Waals surface area (Å²) in [6.07, 6.45) is 1.20. The van der Waals surface area contributed by atoms with Gasteiger partial charge in [0.05, 0.1) is 43.5 Å². The Morgan fingerprint density at radius 1 is 1.27 bits per heavy atom. The Morgan fingerprint density at radius 3 is 2.77 bits per heavy atom. The molecule has 0 unspecified atom stereocenters. The second-order valence-corrected chi connectivity index (χ2v) is 6.40. The quantitative estimate of drug-likeness (QED) is 0.681. The van der Waals surface area contributed by atoms with Gasteiger partial charge in [0.1, 0.15) is 25.4 Å². The lowest BCUT2D eigenvalue weighted by Crippen LogP contribution is -3.14. The number of quaternary nitrogens is 2. The van der Waals surface area contributed by atoms with Gasteiger partial charge in [-0.2, -0.15) is 0 Å². The van der Waals surface area contributed by atoms with E-state index in [0.29, 0.717) is 16.7 Å². The molecule has 1 aliphatic heterocycles. The van der Waals surface area contributed by atoms with Crippen LogP contribution in [0.15, 0.2) is 12.1 Å². The number of nitrogens with two attached hydrogens (primary N) is 1. The fraction of sp³-hybridized carbons (Fsp3) is 0.625. The molecule has 1 fully saturated rings. The molecule has 1 aromatic rings. The molecule has 1 aliphatic rings. The van der Waals surface area contributed by atoms with Crippen molar-refractivity contribution in [2.45, 2.75) is 19.9 Å². The van der Waals surface area contributed by atoms with Crippen LogP contribution in [0.25, 0.3) is 0 Å². The SMILES string of the molecule is CCOc1c(Cl)cc(Cl)cc1C[NH2+]CCC[NH+]1CCOCC1. The fourth-order valence-electron chi connectivity index (χ4n) is 2.74. The summed E-state index contributed by atoms with van der Waals surface area (Å²) < 4.78 is 11.0. The van der Waals surface area contributed by atoms with Crippen molar-refractivity contribution in [1.29, 1.82) is 0 Å². The summed E-state index contributed by atoms with van der Waals surface area (Å²) in [4.78, 5) is 1.65. The maximum absolute atomic E-state index is 6.22. The minimum atomic E-state index is 0.593. The largest absolute Gasteiger partial charge is 0.492 e. The molecule has 2 rings (SSSR count). The number of rotatable bonds is 8. The van der Waals surface area contributed by atoms with Crippen LogP contribution in [0.1, 0.15) is 18.9 Å². The Balaban J connectivity index is 1.76. The second-order valence-electron chi connectivity index (χ2n) is 5.56.